The van der Waals surface area contributed by atoms with Gasteiger partial charge in [0.2, 0.25) is 0 Å². The van der Waals surface area contributed by atoms with Gasteiger partial charge in [-0.25, -0.2) is 4.99 Å². The minimum absolute atomic E-state index is 0.127. The Morgan fingerprint density at radius 1 is 0.875 bits per heavy atom. The van der Waals surface area contributed by atoms with Crippen LogP contribution in [0.25, 0.3) is 6.08 Å². The van der Waals surface area contributed by atoms with Crippen LogP contribution in [0.4, 0.5) is 11.4 Å². The number of ether oxygens (including phenoxy) is 1. The van der Waals surface area contributed by atoms with E-state index in [-0.39, 0.29) is 12.5 Å². The Morgan fingerprint density at radius 2 is 1.60 bits per heavy atom. The smallest absolute Gasteiger partial charge is 0.271 e. The van der Waals surface area contributed by atoms with E-state index in [4.69, 9.17) is 32.9 Å². The molecule has 0 aliphatic carbocycles. The summed E-state index contributed by atoms with van der Waals surface area (Å²) in [5, 5.41) is 1.73. The number of rotatable bonds is 6. The van der Waals surface area contributed by atoms with Crippen molar-refractivity contribution in [2.45, 2.75) is 34.3 Å². The fraction of sp³-hybridized carbons (Fsp3) is 0.152. The van der Waals surface area contributed by atoms with Gasteiger partial charge in [0, 0.05) is 21.2 Å². The second-order valence-corrected chi connectivity index (χ2v) is 11.6. The number of hydrogen-bond donors (Lipinski definition) is 0. The molecule has 1 aliphatic rings. The van der Waals surface area contributed by atoms with Crippen LogP contribution in [0.1, 0.15) is 33.4 Å². The first-order chi connectivity index (χ1) is 19.2. The molecule has 4 nitrogen and oxygen atoms in total. The number of hydrogen-bond acceptors (Lipinski definition) is 4. The first-order valence-corrected chi connectivity index (χ1v) is 14.4. The topological polar surface area (TPSA) is 41.9 Å². The third-order valence-corrected chi connectivity index (χ3v) is 8.15. The Bertz CT molecular complexity index is 1680. The van der Waals surface area contributed by atoms with Gasteiger partial charge in [0.05, 0.1) is 16.3 Å². The molecule has 1 aliphatic heterocycles. The van der Waals surface area contributed by atoms with Crippen molar-refractivity contribution < 1.29 is 9.53 Å². The molecule has 1 amide bonds. The number of thioether (sulfide) groups is 1. The zero-order valence-corrected chi connectivity index (χ0v) is 25.0. The van der Waals surface area contributed by atoms with Crippen LogP contribution in [-0.4, -0.2) is 11.1 Å². The molecule has 0 N–H and O–H groups in total. The maximum atomic E-state index is 14.0. The molecule has 0 aromatic heterocycles. The zero-order chi connectivity index (χ0) is 28.4. The molecule has 4 aromatic rings. The van der Waals surface area contributed by atoms with Crippen molar-refractivity contribution in [3.05, 3.63) is 127 Å². The van der Waals surface area contributed by atoms with Crippen LogP contribution in [0, 0.1) is 27.7 Å². The standard InChI is InChI=1S/C33H28Cl2N2O2S/c1-20-9-11-22(3)28(15-20)36-33-37(29-16-21(2)10-12-23(29)4)32(38)31(40-33)17-24-7-5-6-8-30(24)39-19-25-13-14-26(34)18-27(25)35/h5-18H,19H2,1-4H3/b31-17+,36-33?. The summed E-state index contributed by atoms with van der Waals surface area (Å²) in [5.41, 5.74) is 7.51. The Kier molecular flexibility index (Phi) is 8.36. The number of amidine groups is 1. The molecule has 0 saturated carbocycles. The summed E-state index contributed by atoms with van der Waals surface area (Å²) in [7, 11) is 0. The van der Waals surface area contributed by atoms with Crippen LogP contribution in [-0.2, 0) is 11.4 Å². The number of aliphatic imine (C=N–C) groups is 1. The van der Waals surface area contributed by atoms with E-state index < -0.39 is 0 Å². The van der Waals surface area contributed by atoms with Gasteiger partial charge in [-0.15, -0.1) is 0 Å². The van der Waals surface area contributed by atoms with Gasteiger partial charge in [0.1, 0.15) is 12.4 Å². The third kappa shape index (κ3) is 6.12. The van der Waals surface area contributed by atoms with Gasteiger partial charge in [-0.2, -0.15) is 0 Å². The molecule has 0 unspecified atom stereocenters. The first-order valence-electron chi connectivity index (χ1n) is 12.8. The van der Waals surface area contributed by atoms with Crippen molar-refractivity contribution in [1.29, 1.82) is 0 Å². The van der Waals surface area contributed by atoms with E-state index in [0.717, 1.165) is 44.8 Å². The molecule has 1 saturated heterocycles. The molecular formula is C33H28Cl2N2O2S. The van der Waals surface area contributed by atoms with Gasteiger partial charge in [-0.1, -0.05) is 71.7 Å². The van der Waals surface area contributed by atoms with Crippen LogP contribution < -0.4 is 9.64 Å². The van der Waals surface area contributed by atoms with Gasteiger partial charge < -0.3 is 4.74 Å². The largest absolute Gasteiger partial charge is 0.488 e. The molecule has 5 rings (SSSR count). The normalized spacial score (nSPS) is 15.3. The predicted octanol–water partition coefficient (Wildman–Crippen LogP) is 9.61. The molecule has 7 heteroatoms. The summed E-state index contributed by atoms with van der Waals surface area (Å²) in [6.45, 7) is 8.37. The molecule has 202 valence electrons. The van der Waals surface area contributed by atoms with Gasteiger partial charge in [-0.05, 0) is 98.1 Å². The quantitative estimate of drug-likeness (QED) is 0.211. The minimum atomic E-state index is -0.127. The molecule has 1 heterocycles. The molecular weight excluding hydrogens is 559 g/mol. The number of para-hydroxylation sites is 1. The lowest BCUT2D eigenvalue weighted by molar-refractivity contribution is -0.113. The molecule has 4 aromatic carbocycles. The lowest BCUT2D eigenvalue weighted by Gasteiger charge is -2.19. The highest BCUT2D eigenvalue weighted by Gasteiger charge is 2.36. The number of halogens is 2. The fourth-order valence-corrected chi connectivity index (χ4v) is 5.77. The van der Waals surface area contributed by atoms with Crippen molar-refractivity contribution in [1.82, 2.24) is 0 Å². The average molecular weight is 588 g/mol. The van der Waals surface area contributed by atoms with Gasteiger partial charge in [0.15, 0.2) is 5.17 Å². The maximum absolute atomic E-state index is 14.0. The summed E-state index contributed by atoms with van der Waals surface area (Å²) >= 11 is 13.8. The zero-order valence-electron chi connectivity index (χ0n) is 22.7. The number of amides is 1. The third-order valence-electron chi connectivity index (χ3n) is 6.60. The Hall–Kier alpha value is -3.51. The average Bonchev–Trinajstić information content (AvgIpc) is 3.22. The summed E-state index contributed by atoms with van der Waals surface area (Å²) < 4.78 is 6.15. The number of aryl methyl sites for hydroxylation is 4. The predicted molar refractivity (Wildman–Crippen MR) is 169 cm³/mol. The highest BCUT2D eigenvalue weighted by Crippen LogP contribution is 2.40. The molecule has 1 fully saturated rings. The van der Waals surface area contributed by atoms with Crippen molar-refractivity contribution in [2.24, 2.45) is 4.99 Å². The van der Waals surface area contributed by atoms with Crippen molar-refractivity contribution in [3.8, 4) is 5.75 Å². The molecule has 0 radical (unpaired) electrons. The van der Waals surface area contributed by atoms with E-state index in [2.05, 4.69) is 12.1 Å². The number of benzene rings is 4. The molecule has 40 heavy (non-hydrogen) atoms. The van der Waals surface area contributed by atoms with Crippen molar-refractivity contribution in [2.75, 3.05) is 4.90 Å². The van der Waals surface area contributed by atoms with Gasteiger partial charge in [-0.3, -0.25) is 9.69 Å². The lowest BCUT2D eigenvalue weighted by Crippen LogP contribution is -2.29. The second-order valence-electron chi connectivity index (χ2n) is 9.79. The monoisotopic (exact) mass is 586 g/mol. The maximum Gasteiger partial charge on any atom is 0.271 e. The fourth-order valence-electron chi connectivity index (χ4n) is 4.33. The Morgan fingerprint density at radius 3 is 2.38 bits per heavy atom. The summed E-state index contributed by atoms with van der Waals surface area (Å²) in [6, 6.07) is 25.2. The highest BCUT2D eigenvalue weighted by molar-refractivity contribution is 8.19. The summed E-state index contributed by atoms with van der Waals surface area (Å²) in [4.78, 5) is 21.3. The van der Waals surface area contributed by atoms with Crippen LogP contribution >= 0.6 is 35.0 Å². The SMILES string of the molecule is Cc1ccc(C)c(N=C2S/C(=C/c3ccccc3OCc3ccc(Cl)cc3Cl)C(=O)N2c2cc(C)ccc2C)c1. The lowest BCUT2D eigenvalue weighted by atomic mass is 10.1. The molecule has 0 atom stereocenters. The second kappa shape index (κ2) is 11.9. The summed E-state index contributed by atoms with van der Waals surface area (Å²) in [5.74, 6) is 0.519. The van der Waals surface area contributed by atoms with Crippen LogP contribution in [0.5, 0.6) is 5.75 Å². The molecule has 0 bridgehead atoms. The highest BCUT2D eigenvalue weighted by atomic mass is 35.5. The first kappa shape index (κ1) is 28.0. The van der Waals surface area contributed by atoms with E-state index >= 15 is 0 Å². The van der Waals surface area contributed by atoms with Crippen LogP contribution in [0.15, 0.2) is 88.8 Å². The van der Waals surface area contributed by atoms with E-state index in [1.807, 2.05) is 88.4 Å². The van der Waals surface area contributed by atoms with E-state index in [1.54, 1.807) is 17.0 Å². The molecule has 0 spiro atoms. The minimum Gasteiger partial charge on any atom is -0.488 e. The summed E-state index contributed by atoms with van der Waals surface area (Å²) in [6.07, 6.45) is 1.87. The number of carbonyl (C=O) groups is 1. The Labute approximate surface area is 249 Å². The Balaban J connectivity index is 1.53. The van der Waals surface area contributed by atoms with Crippen LogP contribution in [0.3, 0.4) is 0 Å². The number of anilines is 1. The van der Waals surface area contributed by atoms with E-state index in [9.17, 15) is 4.79 Å². The van der Waals surface area contributed by atoms with E-state index in [0.29, 0.717) is 25.9 Å². The van der Waals surface area contributed by atoms with E-state index in [1.165, 1.54) is 11.8 Å². The van der Waals surface area contributed by atoms with Gasteiger partial charge in [0.25, 0.3) is 5.91 Å². The van der Waals surface area contributed by atoms with Gasteiger partial charge >= 0.3 is 0 Å². The number of nitrogens with zero attached hydrogens (tertiary/aromatic N) is 2. The van der Waals surface area contributed by atoms with Crippen molar-refractivity contribution in [3.63, 3.8) is 0 Å². The number of carbonyl (C=O) groups excluding carboxylic acids is 1. The van der Waals surface area contributed by atoms with Crippen molar-refractivity contribution >= 4 is 63.5 Å². The van der Waals surface area contributed by atoms with Crippen LogP contribution in [0.2, 0.25) is 10.0 Å².